The molecule has 5 heteroatoms. The molecule has 1 fully saturated rings. The Balaban J connectivity index is 2.57. The third-order valence-electron chi connectivity index (χ3n) is 2.13. The van der Waals surface area contributed by atoms with Gasteiger partial charge in [0.2, 0.25) is 0 Å². The highest BCUT2D eigenvalue weighted by Gasteiger charge is 2.36. The van der Waals surface area contributed by atoms with Crippen LogP contribution < -0.4 is 0 Å². The summed E-state index contributed by atoms with van der Waals surface area (Å²) >= 11 is 0. The van der Waals surface area contributed by atoms with E-state index >= 15 is 0 Å². The monoisotopic (exact) mass is 215 g/mol. The van der Waals surface area contributed by atoms with Crippen molar-refractivity contribution >= 4 is 11.8 Å². The molecule has 0 radical (unpaired) electrons. The predicted molar refractivity (Wildman–Crippen MR) is 52.4 cm³/mol. The molecule has 15 heavy (non-hydrogen) atoms. The van der Waals surface area contributed by atoms with Crippen LogP contribution in [0.2, 0.25) is 0 Å². The van der Waals surface area contributed by atoms with E-state index in [0.717, 1.165) is 11.5 Å². The Morgan fingerprint density at radius 1 is 1.40 bits per heavy atom. The summed E-state index contributed by atoms with van der Waals surface area (Å²) in [6, 6.07) is -0.722. The second-order valence-electron chi connectivity index (χ2n) is 4.69. The molecule has 0 amide bonds. The van der Waals surface area contributed by atoms with Crippen LogP contribution in [0.5, 0.6) is 0 Å². The number of hydroxylamine groups is 2. The Bertz CT molecular complexity index is 269. The maximum Gasteiger partial charge on any atom is 0.376 e. The van der Waals surface area contributed by atoms with Gasteiger partial charge < -0.3 is 9.94 Å². The normalized spacial score (nSPS) is 22.8. The van der Waals surface area contributed by atoms with Crippen LogP contribution in [0.15, 0.2) is 0 Å². The highest BCUT2D eigenvalue weighted by atomic mass is 16.6. The van der Waals surface area contributed by atoms with E-state index < -0.39 is 23.4 Å². The number of Topliss-reactive ketones (excluding diaryl/α,β-unsaturated/α-hetero) is 1. The topological polar surface area (TPSA) is 66.8 Å². The Labute approximate surface area is 89.0 Å². The lowest BCUT2D eigenvalue weighted by molar-refractivity contribution is -0.171. The third kappa shape index (κ3) is 3.28. The molecular weight excluding hydrogens is 198 g/mol. The molecule has 1 saturated heterocycles. The predicted octanol–water partition coefficient (Wildman–Crippen LogP) is 0.751. The van der Waals surface area contributed by atoms with E-state index in [2.05, 4.69) is 0 Å². The van der Waals surface area contributed by atoms with Crippen LogP contribution in [0.25, 0.3) is 0 Å². The number of hydrogen-bond acceptors (Lipinski definition) is 5. The molecule has 0 saturated carbocycles. The van der Waals surface area contributed by atoms with Crippen molar-refractivity contribution in [1.82, 2.24) is 5.06 Å². The van der Waals surface area contributed by atoms with Gasteiger partial charge in [-0.3, -0.25) is 4.79 Å². The van der Waals surface area contributed by atoms with Crippen molar-refractivity contribution in [3.05, 3.63) is 0 Å². The molecule has 0 aromatic rings. The molecule has 0 aliphatic carbocycles. The third-order valence-corrected chi connectivity index (χ3v) is 2.13. The molecule has 0 aromatic carbocycles. The first kappa shape index (κ1) is 12.1. The van der Waals surface area contributed by atoms with Crippen molar-refractivity contribution < 1.29 is 19.5 Å². The van der Waals surface area contributed by atoms with Crippen LogP contribution >= 0.6 is 0 Å². The lowest BCUT2D eigenvalue weighted by Gasteiger charge is -2.21. The van der Waals surface area contributed by atoms with Crippen LogP contribution in [-0.2, 0) is 14.3 Å². The van der Waals surface area contributed by atoms with E-state index in [4.69, 9.17) is 4.74 Å². The van der Waals surface area contributed by atoms with Crippen LogP contribution in [-0.4, -0.2) is 40.2 Å². The maximum atomic E-state index is 11.6. The first-order valence-corrected chi connectivity index (χ1v) is 5.04. The average molecular weight is 215 g/mol. The number of ether oxygens (including phenoxy) is 1. The van der Waals surface area contributed by atoms with Gasteiger partial charge >= 0.3 is 5.97 Å². The van der Waals surface area contributed by atoms with Gasteiger partial charge in [-0.25, -0.2) is 4.79 Å². The van der Waals surface area contributed by atoms with Crippen LogP contribution in [0.3, 0.4) is 0 Å². The van der Waals surface area contributed by atoms with E-state index in [1.807, 2.05) is 0 Å². The summed E-state index contributed by atoms with van der Waals surface area (Å²) in [5.41, 5.74) is -0.675. The number of ketones is 1. The molecule has 0 bridgehead atoms. The summed E-state index contributed by atoms with van der Waals surface area (Å²) in [6.45, 7) is 5.52. The summed E-state index contributed by atoms with van der Waals surface area (Å²) in [5, 5.41) is 10.2. The van der Waals surface area contributed by atoms with Crippen molar-refractivity contribution in [2.24, 2.45) is 0 Å². The quantitative estimate of drug-likeness (QED) is 0.544. The van der Waals surface area contributed by atoms with Crippen molar-refractivity contribution in [3.63, 3.8) is 0 Å². The Morgan fingerprint density at radius 2 is 2.00 bits per heavy atom. The smallest absolute Gasteiger partial charge is 0.376 e. The highest BCUT2D eigenvalue weighted by Crippen LogP contribution is 2.17. The Morgan fingerprint density at radius 3 is 2.40 bits per heavy atom. The van der Waals surface area contributed by atoms with Gasteiger partial charge in [0.25, 0.3) is 5.78 Å². The largest absolute Gasteiger partial charge is 0.454 e. The van der Waals surface area contributed by atoms with Crippen molar-refractivity contribution in [2.45, 2.75) is 45.3 Å². The fraction of sp³-hybridized carbons (Fsp3) is 0.800. The molecule has 1 rings (SSSR count). The Hall–Kier alpha value is -0.940. The minimum absolute atomic E-state index is 0.430. The summed E-state index contributed by atoms with van der Waals surface area (Å²) in [7, 11) is 0. The summed E-state index contributed by atoms with van der Waals surface area (Å²) < 4.78 is 4.93. The average Bonchev–Trinajstić information content (AvgIpc) is 2.47. The fourth-order valence-electron chi connectivity index (χ4n) is 1.48. The number of carbonyl (C=O) groups is 2. The zero-order valence-corrected chi connectivity index (χ0v) is 9.32. The standard InChI is InChI=1S/C10H17NO4/c1-10(2,3)15-9(13)8(12)7-5-4-6-11(7)14/h7,14H,4-6H2,1-3H3/t7-/m0/s1. The zero-order chi connectivity index (χ0) is 11.6. The van der Waals surface area contributed by atoms with Crippen molar-refractivity contribution in [2.75, 3.05) is 6.54 Å². The minimum atomic E-state index is -0.867. The van der Waals surface area contributed by atoms with E-state index in [-0.39, 0.29) is 0 Å². The summed E-state index contributed by atoms with van der Waals surface area (Å²) in [6.07, 6.45) is 1.23. The molecular formula is C10H17NO4. The first-order chi connectivity index (χ1) is 6.81. The molecule has 1 atom stereocenters. The van der Waals surface area contributed by atoms with E-state index in [9.17, 15) is 14.8 Å². The lowest BCUT2D eigenvalue weighted by Crippen LogP contribution is -2.41. The molecule has 1 aliphatic rings. The lowest BCUT2D eigenvalue weighted by atomic mass is 10.1. The van der Waals surface area contributed by atoms with Crippen LogP contribution in [0, 0.1) is 0 Å². The maximum absolute atomic E-state index is 11.6. The number of carbonyl (C=O) groups excluding carboxylic acids is 2. The second kappa shape index (κ2) is 4.28. The SMILES string of the molecule is CC(C)(C)OC(=O)C(=O)[C@@H]1CCCN1O. The molecule has 5 nitrogen and oxygen atoms in total. The minimum Gasteiger partial charge on any atom is -0.454 e. The Kier molecular flexibility index (Phi) is 3.46. The summed E-state index contributed by atoms with van der Waals surface area (Å²) in [5.74, 6) is -1.53. The molecule has 1 N–H and O–H groups in total. The van der Waals surface area contributed by atoms with Gasteiger partial charge in [-0.05, 0) is 33.6 Å². The van der Waals surface area contributed by atoms with Gasteiger partial charge in [-0.15, -0.1) is 0 Å². The molecule has 0 aromatic heterocycles. The second-order valence-corrected chi connectivity index (χ2v) is 4.69. The van der Waals surface area contributed by atoms with Gasteiger partial charge in [0.15, 0.2) is 0 Å². The number of hydrogen-bond donors (Lipinski definition) is 1. The number of nitrogens with zero attached hydrogens (tertiary/aromatic N) is 1. The van der Waals surface area contributed by atoms with E-state index in [0.29, 0.717) is 13.0 Å². The molecule has 1 aliphatic heterocycles. The van der Waals surface area contributed by atoms with Crippen molar-refractivity contribution in [1.29, 1.82) is 0 Å². The van der Waals surface area contributed by atoms with Crippen LogP contribution in [0.1, 0.15) is 33.6 Å². The number of rotatable bonds is 2. The van der Waals surface area contributed by atoms with Crippen LogP contribution in [0.4, 0.5) is 0 Å². The van der Waals surface area contributed by atoms with E-state index in [1.54, 1.807) is 20.8 Å². The highest BCUT2D eigenvalue weighted by molar-refractivity contribution is 6.35. The fourth-order valence-corrected chi connectivity index (χ4v) is 1.48. The van der Waals surface area contributed by atoms with Crippen molar-refractivity contribution in [3.8, 4) is 0 Å². The molecule has 1 heterocycles. The van der Waals surface area contributed by atoms with Gasteiger partial charge in [-0.1, -0.05) is 0 Å². The van der Waals surface area contributed by atoms with Gasteiger partial charge in [0.1, 0.15) is 11.6 Å². The van der Waals surface area contributed by atoms with Gasteiger partial charge in [-0.2, -0.15) is 5.06 Å². The molecule has 86 valence electrons. The number of esters is 1. The molecule has 0 spiro atoms. The molecule has 0 unspecified atom stereocenters. The first-order valence-electron chi connectivity index (χ1n) is 5.04. The zero-order valence-electron chi connectivity index (χ0n) is 9.32. The van der Waals surface area contributed by atoms with E-state index in [1.165, 1.54) is 0 Å². The van der Waals surface area contributed by atoms with Gasteiger partial charge in [0.05, 0.1) is 0 Å². The van der Waals surface area contributed by atoms with Gasteiger partial charge in [0, 0.05) is 6.54 Å². The summed E-state index contributed by atoms with van der Waals surface area (Å²) in [4.78, 5) is 22.9.